The third-order valence-corrected chi connectivity index (χ3v) is 4.25. The number of nitrogens with one attached hydrogen (secondary N) is 1. The lowest BCUT2D eigenvalue weighted by atomic mass is 9.94. The fraction of sp³-hybridized carbons (Fsp3) is 0.923. The van der Waals surface area contributed by atoms with Crippen molar-refractivity contribution >= 4 is 5.91 Å². The van der Waals surface area contributed by atoms with Gasteiger partial charge in [0.05, 0.1) is 6.04 Å². The molecule has 2 rings (SSSR count). The number of carbonyl (C=O) groups is 1. The van der Waals surface area contributed by atoms with Gasteiger partial charge in [-0.25, -0.2) is 0 Å². The van der Waals surface area contributed by atoms with Crippen LogP contribution < -0.4 is 5.32 Å². The van der Waals surface area contributed by atoms with E-state index in [2.05, 4.69) is 31.0 Å². The number of likely N-dealkylation sites (tertiary alicyclic amines) is 1. The summed E-state index contributed by atoms with van der Waals surface area (Å²) in [6, 6.07) is 0.916. The quantitative estimate of drug-likeness (QED) is 0.736. The molecule has 2 saturated heterocycles. The van der Waals surface area contributed by atoms with E-state index in [1.54, 1.807) is 0 Å². The van der Waals surface area contributed by atoms with Gasteiger partial charge in [-0.2, -0.15) is 0 Å². The predicted octanol–water partition coefficient (Wildman–Crippen LogP) is 1.77. The molecule has 0 spiro atoms. The molecule has 0 aromatic heterocycles. The van der Waals surface area contributed by atoms with Crippen LogP contribution in [-0.4, -0.2) is 35.5 Å². The van der Waals surface area contributed by atoms with Gasteiger partial charge in [-0.05, 0) is 52.0 Å². The molecule has 0 saturated carbocycles. The van der Waals surface area contributed by atoms with Gasteiger partial charge in [0.25, 0.3) is 0 Å². The lowest BCUT2D eigenvalue weighted by Crippen LogP contribution is -2.54. The molecule has 2 aliphatic heterocycles. The summed E-state index contributed by atoms with van der Waals surface area (Å²) in [7, 11) is 0. The Kier molecular flexibility index (Phi) is 3.53. The average molecular weight is 224 g/mol. The molecular weight excluding hydrogens is 200 g/mol. The molecule has 0 bridgehead atoms. The van der Waals surface area contributed by atoms with Crippen molar-refractivity contribution in [2.75, 3.05) is 6.54 Å². The first-order valence-electron chi connectivity index (χ1n) is 6.67. The van der Waals surface area contributed by atoms with Crippen LogP contribution in [0.5, 0.6) is 0 Å². The minimum atomic E-state index is 0.0722. The van der Waals surface area contributed by atoms with Crippen molar-refractivity contribution in [3.63, 3.8) is 0 Å². The average Bonchev–Trinajstić information content (AvgIpc) is 2.64. The van der Waals surface area contributed by atoms with Crippen LogP contribution in [0.4, 0.5) is 0 Å². The first-order chi connectivity index (χ1) is 7.61. The zero-order valence-electron chi connectivity index (χ0n) is 10.7. The molecule has 0 radical (unpaired) electrons. The first-order valence-corrected chi connectivity index (χ1v) is 6.67. The Morgan fingerprint density at radius 3 is 2.25 bits per heavy atom. The van der Waals surface area contributed by atoms with Crippen LogP contribution in [-0.2, 0) is 4.79 Å². The van der Waals surface area contributed by atoms with Crippen LogP contribution >= 0.6 is 0 Å². The van der Waals surface area contributed by atoms with Crippen molar-refractivity contribution in [2.24, 2.45) is 5.92 Å². The summed E-state index contributed by atoms with van der Waals surface area (Å²) in [6.45, 7) is 7.55. The van der Waals surface area contributed by atoms with Gasteiger partial charge in [0.15, 0.2) is 0 Å². The zero-order chi connectivity index (χ0) is 11.7. The number of piperidine rings is 1. The number of rotatable bonds is 1. The highest BCUT2D eigenvalue weighted by molar-refractivity contribution is 5.83. The molecular formula is C13H24N2O. The number of hydrogen-bond donors (Lipinski definition) is 1. The number of carbonyl (C=O) groups excluding carboxylic acids is 1. The van der Waals surface area contributed by atoms with Crippen molar-refractivity contribution in [1.82, 2.24) is 10.2 Å². The fourth-order valence-corrected chi connectivity index (χ4v) is 3.18. The summed E-state index contributed by atoms with van der Waals surface area (Å²) in [5, 5.41) is 3.35. The summed E-state index contributed by atoms with van der Waals surface area (Å²) in [5.74, 6) is 0.832. The predicted molar refractivity (Wildman–Crippen MR) is 65.2 cm³/mol. The highest BCUT2D eigenvalue weighted by Crippen LogP contribution is 2.26. The Balaban J connectivity index is 2.07. The van der Waals surface area contributed by atoms with Crippen molar-refractivity contribution in [1.29, 1.82) is 0 Å². The van der Waals surface area contributed by atoms with E-state index in [1.165, 1.54) is 6.42 Å². The molecule has 1 amide bonds. The highest BCUT2D eigenvalue weighted by Gasteiger charge is 2.37. The smallest absolute Gasteiger partial charge is 0.240 e. The van der Waals surface area contributed by atoms with E-state index in [-0.39, 0.29) is 6.04 Å². The Hall–Kier alpha value is -0.570. The van der Waals surface area contributed by atoms with Crippen molar-refractivity contribution in [2.45, 2.75) is 64.6 Å². The highest BCUT2D eigenvalue weighted by atomic mass is 16.2. The maximum absolute atomic E-state index is 12.5. The minimum absolute atomic E-state index is 0.0722. The topological polar surface area (TPSA) is 32.3 Å². The van der Waals surface area contributed by atoms with Crippen molar-refractivity contribution in [3.05, 3.63) is 0 Å². The number of amides is 1. The Morgan fingerprint density at radius 1 is 1.12 bits per heavy atom. The summed E-state index contributed by atoms with van der Waals surface area (Å²) < 4.78 is 0. The molecule has 4 atom stereocenters. The Labute approximate surface area is 98.6 Å². The number of hydrogen-bond acceptors (Lipinski definition) is 2. The second kappa shape index (κ2) is 4.74. The van der Waals surface area contributed by atoms with Gasteiger partial charge in [-0.1, -0.05) is 6.92 Å². The molecule has 0 aromatic carbocycles. The molecule has 16 heavy (non-hydrogen) atoms. The van der Waals surface area contributed by atoms with Gasteiger partial charge in [-0.15, -0.1) is 0 Å². The molecule has 3 nitrogen and oxygen atoms in total. The van der Waals surface area contributed by atoms with E-state index in [0.29, 0.717) is 23.9 Å². The van der Waals surface area contributed by atoms with E-state index in [4.69, 9.17) is 0 Å². The van der Waals surface area contributed by atoms with E-state index in [0.717, 1.165) is 25.8 Å². The van der Waals surface area contributed by atoms with Crippen LogP contribution in [0.1, 0.15) is 46.5 Å². The molecule has 2 aliphatic rings. The summed E-state index contributed by atoms with van der Waals surface area (Å²) >= 11 is 0. The van der Waals surface area contributed by atoms with E-state index >= 15 is 0 Å². The second-order valence-corrected chi connectivity index (χ2v) is 5.57. The third kappa shape index (κ3) is 2.10. The van der Waals surface area contributed by atoms with Gasteiger partial charge in [0, 0.05) is 12.1 Å². The summed E-state index contributed by atoms with van der Waals surface area (Å²) in [4.78, 5) is 14.6. The van der Waals surface area contributed by atoms with Gasteiger partial charge < -0.3 is 10.2 Å². The molecule has 2 heterocycles. The van der Waals surface area contributed by atoms with Crippen molar-refractivity contribution in [3.8, 4) is 0 Å². The largest absolute Gasteiger partial charge is 0.336 e. The molecule has 2 unspecified atom stereocenters. The van der Waals surface area contributed by atoms with Gasteiger partial charge in [-0.3, -0.25) is 4.79 Å². The number of nitrogens with zero attached hydrogens (tertiary/aromatic N) is 1. The van der Waals surface area contributed by atoms with E-state index in [1.807, 2.05) is 0 Å². The van der Waals surface area contributed by atoms with Gasteiger partial charge in [0.2, 0.25) is 5.91 Å². The minimum Gasteiger partial charge on any atom is -0.336 e. The standard InChI is InChI=1S/C13H24N2O/c1-9-7-8-14-12(9)13(16)15-10(2)5-4-6-11(15)3/h9-12,14H,4-8H2,1-3H3/t9?,10-,11+,12?. The maximum Gasteiger partial charge on any atom is 0.240 e. The van der Waals surface area contributed by atoms with Crippen LogP contribution in [0.25, 0.3) is 0 Å². The Bertz CT molecular complexity index is 257. The molecule has 0 aliphatic carbocycles. The van der Waals surface area contributed by atoms with Crippen LogP contribution in [0, 0.1) is 5.92 Å². The van der Waals surface area contributed by atoms with Crippen LogP contribution in [0.3, 0.4) is 0 Å². The molecule has 0 aromatic rings. The second-order valence-electron chi connectivity index (χ2n) is 5.57. The third-order valence-electron chi connectivity index (χ3n) is 4.25. The van der Waals surface area contributed by atoms with Gasteiger partial charge >= 0.3 is 0 Å². The molecule has 3 heteroatoms. The molecule has 1 N–H and O–H groups in total. The maximum atomic E-state index is 12.5. The van der Waals surface area contributed by atoms with E-state index in [9.17, 15) is 4.79 Å². The zero-order valence-corrected chi connectivity index (χ0v) is 10.7. The molecule has 2 fully saturated rings. The normalized spacial score (nSPS) is 40.1. The monoisotopic (exact) mass is 224 g/mol. The summed E-state index contributed by atoms with van der Waals surface area (Å²) in [6.07, 6.45) is 4.72. The first kappa shape index (κ1) is 11.9. The van der Waals surface area contributed by atoms with Crippen molar-refractivity contribution < 1.29 is 4.79 Å². The van der Waals surface area contributed by atoms with Crippen LogP contribution in [0.15, 0.2) is 0 Å². The SMILES string of the molecule is CC1CCNC1C(=O)N1[C@H](C)CCC[C@@H]1C. The lowest BCUT2D eigenvalue weighted by molar-refractivity contribution is -0.140. The Morgan fingerprint density at radius 2 is 1.75 bits per heavy atom. The fourth-order valence-electron chi connectivity index (χ4n) is 3.18. The van der Waals surface area contributed by atoms with E-state index < -0.39 is 0 Å². The molecule has 92 valence electrons. The summed E-state index contributed by atoms with van der Waals surface area (Å²) in [5.41, 5.74) is 0. The van der Waals surface area contributed by atoms with Crippen LogP contribution in [0.2, 0.25) is 0 Å². The van der Waals surface area contributed by atoms with Gasteiger partial charge in [0.1, 0.15) is 0 Å². The lowest BCUT2D eigenvalue weighted by Gasteiger charge is -2.41.